The summed E-state index contributed by atoms with van der Waals surface area (Å²) >= 11 is 0. The summed E-state index contributed by atoms with van der Waals surface area (Å²) in [6.07, 6.45) is -2.02. The molecule has 6 rings (SSSR count). The fourth-order valence-electron chi connectivity index (χ4n) is 4.76. The van der Waals surface area contributed by atoms with Crippen molar-refractivity contribution in [2.75, 3.05) is 5.32 Å². The fourth-order valence-corrected chi connectivity index (χ4v) is 4.76. The van der Waals surface area contributed by atoms with E-state index in [9.17, 15) is 18.0 Å². The second-order valence-corrected chi connectivity index (χ2v) is 11.3. The van der Waals surface area contributed by atoms with Crippen molar-refractivity contribution in [1.82, 2.24) is 25.1 Å². The molecule has 0 fully saturated rings. The number of nitrogens with one attached hydrogen (secondary N) is 1. The van der Waals surface area contributed by atoms with Crippen LogP contribution in [-0.4, -0.2) is 42.8 Å². The predicted octanol–water partition coefficient (Wildman–Crippen LogP) is 6.31. The molecular weight excluding hydrogens is 571 g/mol. The summed E-state index contributed by atoms with van der Waals surface area (Å²) in [5.41, 5.74) is 2.13. The summed E-state index contributed by atoms with van der Waals surface area (Å²) in [6.45, 7) is 5.78. The predicted molar refractivity (Wildman–Crippen MR) is 157 cm³/mol. The van der Waals surface area contributed by atoms with E-state index in [-0.39, 0.29) is 46.3 Å². The van der Waals surface area contributed by atoms with Gasteiger partial charge in [-0.3, -0.25) is 9.79 Å². The minimum atomic E-state index is -4.64. The van der Waals surface area contributed by atoms with Gasteiger partial charge in [0.2, 0.25) is 0 Å². The molecule has 222 valence electrons. The van der Waals surface area contributed by atoms with Crippen LogP contribution in [0.2, 0.25) is 0 Å². The molecule has 0 radical (unpaired) electrons. The van der Waals surface area contributed by atoms with E-state index < -0.39 is 17.9 Å². The van der Waals surface area contributed by atoms with Crippen LogP contribution in [-0.2, 0) is 22.8 Å². The highest BCUT2D eigenvalue weighted by atomic mass is 19.4. The number of fused-ring (bicyclic) bond motifs is 1. The van der Waals surface area contributed by atoms with Crippen LogP contribution < -0.4 is 5.32 Å². The molecule has 1 N–H and O–H groups in total. The summed E-state index contributed by atoms with van der Waals surface area (Å²) in [5.74, 6) is 0.137. The number of alkyl halides is 3. The summed E-state index contributed by atoms with van der Waals surface area (Å²) in [4.78, 5) is 30.8. The molecule has 0 saturated heterocycles. The van der Waals surface area contributed by atoms with Gasteiger partial charge in [-0.2, -0.15) is 13.2 Å². The molecule has 1 atom stereocenters. The van der Waals surface area contributed by atoms with Gasteiger partial charge in [-0.15, -0.1) is 5.10 Å². The number of hydrogen-bond donors (Lipinski definition) is 1. The van der Waals surface area contributed by atoms with Crippen molar-refractivity contribution < 1.29 is 22.4 Å². The molecule has 3 aromatic heterocycles. The molecule has 0 bridgehead atoms. The standard InChI is InChI=1S/C32H26F3N7O2/c1-31(2,3)29-37-15-20(16-38-29)23-14-21(32(33,34)35)17-36-26(23)28-41-42-30(44-28)40-27-24(43)13-19-11-7-8-12-22(19)25(39-27)18-9-5-4-6-10-18/h4-12,14-17,27H,13H2,1-3H3,(H,40,42). The van der Waals surface area contributed by atoms with E-state index in [1.807, 2.05) is 75.4 Å². The number of pyridine rings is 1. The third-order valence-electron chi connectivity index (χ3n) is 6.98. The number of halogens is 3. The minimum Gasteiger partial charge on any atom is -0.402 e. The Morgan fingerprint density at radius 1 is 0.841 bits per heavy atom. The Kier molecular flexibility index (Phi) is 7.28. The van der Waals surface area contributed by atoms with Gasteiger partial charge >= 0.3 is 12.2 Å². The van der Waals surface area contributed by atoms with Crippen LogP contribution >= 0.6 is 0 Å². The lowest BCUT2D eigenvalue weighted by molar-refractivity contribution is -0.137. The first-order valence-electron chi connectivity index (χ1n) is 13.7. The number of aromatic nitrogens is 5. The average Bonchev–Trinajstić information content (AvgIpc) is 3.42. The summed E-state index contributed by atoms with van der Waals surface area (Å²) in [5, 5.41) is 10.9. The Balaban J connectivity index is 1.36. The molecule has 5 aromatic rings. The zero-order valence-corrected chi connectivity index (χ0v) is 23.9. The van der Waals surface area contributed by atoms with Crippen LogP contribution in [0.25, 0.3) is 22.7 Å². The SMILES string of the molecule is CC(C)(C)c1ncc(-c2cc(C(F)(F)F)cnc2-c2nnc(NC3N=C(c4ccccc4)c4ccccc4CC3=O)o2)cn1. The smallest absolute Gasteiger partial charge is 0.402 e. The molecule has 1 aliphatic rings. The highest BCUT2D eigenvalue weighted by Gasteiger charge is 2.33. The van der Waals surface area contributed by atoms with E-state index in [1.54, 1.807) is 0 Å². The molecular formula is C32H26F3N7O2. The van der Waals surface area contributed by atoms with E-state index in [2.05, 4.69) is 30.5 Å². The van der Waals surface area contributed by atoms with Crippen molar-refractivity contribution in [3.05, 3.63) is 107 Å². The number of rotatable bonds is 5. The lowest BCUT2D eigenvalue weighted by Crippen LogP contribution is -2.29. The third-order valence-corrected chi connectivity index (χ3v) is 6.98. The van der Waals surface area contributed by atoms with Gasteiger partial charge in [0.25, 0.3) is 5.89 Å². The second kappa shape index (κ2) is 11.1. The topological polar surface area (TPSA) is 119 Å². The number of hydrogen-bond acceptors (Lipinski definition) is 9. The van der Waals surface area contributed by atoms with E-state index in [4.69, 9.17) is 9.41 Å². The molecule has 4 heterocycles. The Morgan fingerprint density at radius 3 is 2.25 bits per heavy atom. The van der Waals surface area contributed by atoms with E-state index in [0.29, 0.717) is 17.7 Å². The lowest BCUT2D eigenvalue weighted by Gasteiger charge is -2.16. The number of Topliss-reactive ketones (excluding diaryl/α,β-unsaturated/α-hetero) is 1. The second-order valence-electron chi connectivity index (χ2n) is 11.3. The molecule has 1 aliphatic heterocycles. The fraction of sp³-hybridized carbons (Fsp3) is 0.219. The van der Waals surface area contributed by atoms with Crippen molar-refractivity contribution in [2.45, 2.75) is 44.9 Å². The van der Waals surface area contributed by atoms with Crippen molar-refractivity contribution >= 4 is 17.5 Å². The summed E-state index contributed by atoms with van der Waals surface area (Å²) in [7, 11) is 0. The van der Waals surface area contributed by atoms with Crippen LogP contribution in [0.1, 0.15) is 48.8 Å². The highest BCUT2D eigenvalue weighted by Crippen LogP contribution is 2.36. The summed E-state index contributed by atoms with van der Waals surface area (Å²) in [6, 6.07) is 17.8. The quantitative estimate of drug-likeness (QED) is 0.251. The van der Waals surface area contributed by atoms with E-state index in [1.165, 1.54) is 12.4 Å². The highest BCUT2D eigenvalue weighted by molar-refractivity contribution is 6.16. The number of ketones is 1. The van der Waals surface area contributed by atoms with Gasteiger partial charge in [0.1, 0.15) is 11.5 Å². The van der Waals surface area contributed by atoms with Gasteiger partial charge in [-0.05, 0) is 11.6 Å². The zero-order chi connectivity index (χ0) is 31.1. The molecule has 0 spiro atoms. The first-order chi connectivity index (χ1) is 21.0. The van der Waals surface area contributed by atoms with Crippen molar-refractivity contribution in [3.8, 4) is 22.7 Å². The number of nitrogens with zero attached hydrogens (tertiary/aromatic N) is 6. The number of benzene rings is 2. The molecule has 44 heavy (non-hydrogen) atoms. The number of carbonyl (C=O) groups is 1. The third kappa shape index (κ3) is 5.83. The molecule has 1 unspecified atom stereocenters. The molecule has 12 heteroatoms. The van der Waals surface area contributed by atoms with Gasteiger partial charge in [0.05, 0.1) is 11.3 Å². The van der Waals surface area contributed by atoms with E-state index in [0.717, 1.165) is 22.8 Å². The Bertz CT molecular complexity index is 1860. The van der Waals surface area contributed by atoms with Crippen molar-refractivity contribution in [3.63, 3.8) is 0 Å². The molecule has 0 aliphatic carbocycles. The zero-order valence-electron chi connectivity index (χ0n) is 23.9. The molecule has 0 amide bonds. The maximum absolute atomic E-state index is 13.6. The van der Waals surface area contributed by atoms with Gasteiger partial charge in [-0.25, -0.2) is 15.0 Å². The number of aliphatic imine (C=N–C) groups is 1. The largest absolute Gasteiger partial charge is 0.417 e. The monoisotopic (exact) mass is 597 g/mol. The van der Waals surface area contributed by atoms with Gasteiger partial charge in [-0.1, -0.05) is 80.5 Å². The van der Waals surface area contributed by atoms with Crippen LogP contribution in [0, 0.1) is 0 Å². The minimum absolute atomic E-state index is 0.00117. The first kappa shape index (κ1) is 28.8. The van der Waals surface area contributed by atoms with Crippen LogP contribution in [0.15, 0.2) is 88.7 Å². The Hall–Kier alpha value is -5.26. The average molecular weight is 598 g/mol. The van der Waals surface area contributed by atoms with Crippen molar-refractivity contribution in [1.29, 1.82) is 0 Å². The van der Waals surface area contributed by atoms with Gasteiger partial charge in [0.15, 0.2) is 11.9 Å². The lowest BCUT2D eigenvalue weighted by atomic mass is 9.95. The Labute approximate surface area is 250 Å². The first-order valence-corrected chi connectivity index (χ1v) is 13.7. The maximum Gasteiger partial charge on any atom is 0.417 e. The maximum atomic E-state index is 13.6. The van der Waals surface area contributed by atoms with E-state index >= 15 is 0 Å². The molecule has 9 nitrogen and oxygen atoms in total. The van der Waals surface area contributed by atoms with Crippen LogP contribution in [0.5, 0.6) is 0 Å². The Morgan fingerprint density at radius 2 is 1.55 bits per heavy atom. The normalized spacial score (nSPS) is 15.4. The summed E-state index contributed by atoms with van der Waals surface area (Å²) < 4.78 is 46.8. The van der Waals surface area contributed by atoms with Crippen LogP contribution in [0.3, 0.4) is 0 Å². The molecule has 0 saturated carbocycles. The van der Waals surface area contributed by atoms with Gasteiger partial charge < -0.3 is 9.73 Å². The molecule has 2 aromatic carbocycles. The van der Waals surface area contributed by atoms with Gasteiger partial charge in [0, 0.05) is 52.7 Å². The van der Waals surface area contributed by atoms with Crippen LogP contribution in [0.4, 0.5) is 19.2 Å². The number of carbonyl (C=O) groups excluding carboxylic acids is 1. The number of anilines is 1. The van der Waals surface area contributed by atoms with Crippen molar-refractivity contribution in [2.24, 2.45) is 4.99 Å².